The molecule has 1 aromatic heterocycles. The average molecular weight is 199 g/mol. The van der Waals surface area contributed by atoms with Gasteiger partial charge in [-0.25, -0.2) is 0 Å². The molecular weight excluding hydrogens is 189 g/mol. The summed E-state index contributed by atoms with van der Waals surface area (Å²) in [6.45, 7) is 0. The van der Waals surface area contributed by atoms with Crippen molar-refractivity contribution in [3.63, 3.8) is 0 Å². The molecule has 1 heterocycles. The van der Waals surface area contributed by atoms with E-state index >= 15 is 0 Å². The molecule has 3 nitrogen and oxygen atoms in total. The van der Waals surface area contributed by atoms with Gasteiger partial charge in [-0.15, -0.1) is 0 Å². The molecule has 0 bridgehead atoms. The van der Waals surface area contributed by atoms with Crippen LogP contribution in [0.3, 0.4) is 0 Å². The molecule has 2 aromatic rings. The third-order valence-corrected chi connectivity index (χ3v) is 2.07. The highest BCUT2D eigenvalue weighted by Crippen LogP contribution is 2.13. The minimum absolute atomic E-state index is 0.849. The molecule has 0 saturated carbocycles. The Morgan fingerprint density at radius 2 is 2.00 bits per heavy atom. The highest BCUT2D eigenvalue weighted by atomic mass is 16.4. The van der Waals surface area contributed by atoms with Gasteiger partial charge in [-0.1, -0.05) is 30.3 Å². The lowest BCUT2D eigenvalue weighted by Crippen LogP contribution is -2.05. The summed E-state index contributed by atoms with van der Waals surface area (Å²) in [5, 5.41) is 18.4. The van der Waals surface area contributed by atoms with Crippen molar-refractivity contribution in [2.75, 3.05) is 0 Å². The number of hydrogen-bond acceptors (Lipinski definition) is 3. The molecule has 0 radical (unpaired) electrons. The molecule has 74 valence electrons. The topological polar surface area (TPSA) is 53.4 Å². The van der Waals surface area contributed by atoms with Crippen LogP contribution in [-0.2, 0) is 0 Å². The Hall–Kier alpha value is -1.65. The summed E-state index contributed by atoms with van der Waals surface area (Å²) in [7, 11) is -1.42. The van der Waals surface area contributed by atoms with E-state index in [0.29, 0.717) is 0 Å². The van der Waals surface area contributed by atoms with E-state index in [1.807, 2.05) is 30.3 Å². The summed E-state index contributed by atoms with van der Waals surface area (Å²) in [6.07, 6.45) is 3.32. The van der Waals surface area contributed by atoms with Crippen LogP contribution in [0.1, 0.15) is 5.56 Å². The first kappa shape index (κ1) is 9.89. The zero-order valence-corrected chi connectivity index (χ0v) is 8.04. The van der Waals surface area contributed by atoms with Gasteiger partial charge in [0, 0.05) is 11.6 Å². The van der Waals surface area contributed by atoms with E-state index in [2.05, 4.69) is 4.98 Å². The van der Waals surface area contributed by atoms with Crippen molar-refractivity contribution in [1.82, 2.24) is 4.98 Å². The number of hydrogen-bond donors (Lipinski definition) is 2. The Balaban J connectivity index is 2.39. The highest BCUT2D eigenvalue weighted by Gasteiger charge is 1.99. The van der Waals surface area contributed by atoms with Gasteiger partial charge < -0.3 is 10.0 Å². The fraction of sp³-hybridized carbons (Fsp3) is 0. The molecule has 1 aromatic carbocycles. The molecule has 0 spiro atoms. The van der Waals surface area contributed by atoms with Crippen LogP contribution in [0.2, 0.25) is 0 Å². The standard InChI is InChI=1S/C11H10BNO2/c14-12(15)6-5-9-7-10-3-1-2-4-11(10)13-8-9/h1-8,14-15H/b6-5+. The maximum absolute atomic E-state index is 8.68. The molecular formula is C11H10BNO2. The van der Waals surface area contributed by atoms with Crippen molar-refractivity contribution in [2.24, 2.45) is 0 Å². The third-order valence-electron chi connectivity index (χ3n) is 2.07. The molecule has 0 aliphatic carbocycles. The summed E-state index contributed by atoms with van der Waals surface area (Å²) in [6, 6.07) is 9.72. The van der Waals surface area contributed by atoms with Gasteiger partial charge in [0.2, 0.25) is 0 Å². The summed E-state index contributed by atoms with van der Waals surface area (Å²) >= 11 is 0. The number of fused-ring (bicyclic) bond motifs is 1. The van der Waals surface area contributed by atoms with E-state index in [1.165, 1.54) is 5.98 Å². The van der Waals surface area contributed by atoms with Gasteiger partial charge in [0.1, 0.15) is 0 Å². The molecule has 0 saturated heterocycles. The van der Waals surface area contributed by atoms with Gasteiger partial charge >= 0.3 is 7.12 Å². The molecule has 2 N–H and O–H groups in total. The van der Waals surface area contributed by atoms with Crippen LogP contribution in [0.4, 0.5) is 0 Å². The molecule has 0 unspecified atom stereocenters. The van der Waals surface area contributed by atoms with Gasteiger partial charge in [-0.3, -0.25) is 4.98 Å². The molecule has 2 rings (SSSR count). The van der Waals surface area contributed by atoms with Crippen LogP contribution < -0.4 is 0 Å². The second-order valence-corrected chi connectivity index (χ2v) is 3.23. The Morgan fingerprint density at radius 3 is 2.80 bits per heavy atom. The summed E-state index contributed by atoms with van der Waals surface area (Å²) in [5.74, 6) is 1.30. The van der Waals surface area contributed by atoms with Crippen molar-refractivity contribution < 1.29 is 10.0 Å². The van der Waals surface area contributed by atoms with Crippen LogP contribution in [0, 0.1) is 0 Å². The maximum Gasteiger partial charge on any atom is 0.480 e. The molecule has 0 atom stereocenters. The van der Waals surface area contributed by atoms with E-state index in [1.54, 1.807) is 12.3 Å². The van der Waals surface area contributed by atoms with E-state index in [0.717, 1.165) is 16.5 Å². The first-order valence-corrected chi connectivity index (χ1v) is 4.65. The van der Waals surface area contributed by atoms with Crippen molar-refractivity contribution >= 4 is 24.1 Å². The van der Waals surface area contributed by atoms with Crippen molar-refractivity contribution in [3.05, 3.63) is 48.1 Å². The molecule has 0 aliphatic rings. The SMILES string of the molecule is OB(O)/C=C/c1cnc2ccccc2c1. The number of benzene rings is 1. The molecule has 4 heteroatoms. The normalized spacial score (nSPS) is 11.1. The smallest absolute Gasteiger partial charge is 0.424 e. The zero-order chi connectivity index (χ0) is 10.7. The Labute approximate surface area is 87.9 Å². The Bertz CT molecular complexity index is 497. The number of nitrogens with zero attached hydrogens (tertiary/aromatic N) is 1. The zero-order valence-electron chi connectivity index (χ0n) is 8.04. The summed E-state index contributed by atoms with van der Waals surface area (Å²) < 4.78 is 0. The highest BCUT2D eigenvalue weighted by molar-refractivity contribution is 6.48. The Kier molecular flexibility index (Phi) is 2.80. The fourth-order valence-electron chi connectivity index (χ4n) is 1.38. The molecule has 0 fully saturated rings. The minimum atomic E-state index is -1.42. The third kappa shape index (κ3) is 2.43. The monoisotopic (exact) mass is 199 g/mol. The number of para-hydroxylation sites is 1. The van der Waals surface area contributed by atoms with Crippen LogP contribution >= 0.6 is 0 Å². The Morgan fingerprint density at radius 1 is 1.20 bits per heavy atom. The van der Waals surface area contributed by atoms with E-state index < -0.39 is 7.12 Å². The first-order valence-electron chi connectivity index (χ1n) is 4.65. The minimum Gasteiger partial charge on any atom is -0.424 e. The van der Waals surface area contributed by atoms with Crippen molar-refractivity contribution in [1.29, 1.82) is 0 Å². The quantitative estimate of drug-likeness (QED) is 0.715. The van der Waals surface area contributed by atoms with Crippen molar-refractivity contribution in [3.8, 4) is 0 Å². The lowest BCUT2D eigenvalue weighted by molar-refractivity contribution is 0.424. The van der Waals surface area contributed by atoms with Crippen LogP contribution in [-0.4, -0.2) is 22.2 Å². The molecule has 0 amide bonds. The second-order valence-electron chi connectivity index (χ2n) is 3.23. The molecule has 15 heavy (non-hydrogen) atoms. The van der Waals surface area contributed by atoms with Gasteiger partial charge in [0.05, 0.1) is 5.52 Å². The average Bonchev–Trinajstić information content (AvgIpc) is 2.26. The number of pyridine rings is 1. The lowest BCUT2D eigenvalue weighted by Gasteiger charge is -1.98. The van der Waals surface area contributed by atoms with Crippen LogP contribution in [0.5, 0.6) is 0 Å². The number of aromatic nitrogens is 1. The first-order chi connectivity index (χ1) is 7.25. The largest absolute Gasteiger partial charge is 0.480 e. The maximum atomic E-state index is 8.68. The molecule has 0 aliphatic heterocycles. The lowest BCUT2D eigenvalue weighted by atomic mass is 9.91. The predicted molar refractivity (Wildman–Crippen MR) is 61.0 cm³/mol. The van der Waals surface area contributed by atoms with Gasteiger partial charge in [-0.05, 0) is 17.7 Å². The van der Waals surface area contributed by atoms with Crippen LogP contribution in [0.15, 0.2) is 42.5 Å². The van der Waals surface area contributed by atoms with Crippen LogP contribution in [0.25, 0.3) is 17.0 Å². The summed E-state index contributed by atoms with van der Waals surface area (Å²) in [5.41, 5.74) is 1.78. The number of rotatable bonds is 2. The van der Waals surface area contributed by atoms with Gasteiger partial charge in [0.25, 0.3) is 0 Å². The van der Waals surface area contributed by atoms with Gasteiger partial charge in [-0.2, -0.15) is 0 Å². The van der Waals surface area contributed by atoms with E-state index in [9.17, 15) is 0 Å². The second kappa shape index (κ2) is 4.25. The predicted octanol–water partition coefficient (Wildman–Crippen LogP) is 1.26. The van der Waals surface area contributed by atoms with E-state index in [-0.39, 0.29) is 0 Å². The van der Waals surface area contributed by atoms with Crippen molar-refractivity contribution in [2.45, 2.75) is 0 Å². The fourth-order valence-corrected chi connectivity index (χ4v) is 1.38. The van der Waals surface area contributed by atoms with Gasteiger partial charge in [0.15, 0.2) is 0 Å². The summed E-state index contributed by atoms with van der Waals surface area (Å²) in [4.78, 5) is 4.24. The van der Waals surface area contributed by atoms with E-state index in [4.69, 9.17) is 10.0 Å².